The summed E-state index contributed by atoms with van der Waals surface area (Å²) in [5, 5.41) is 0.416. The highest BCUT2D eigenvalue weighted by Crippen LogP contribution is 2.56. The van der Waals surface area contributed by atoms with Crippen molar-refractivity contribution < 1.29 is 56.6 Å². The van der Waals surface area contributed by atoms with Crippen LogP contribution in [0.5, 0.6) is 40.2 Å². The van der Waals surface area contributed by atoms with Crippen LogP contribution in [0.3, 0.4) is 0 Å². The number of ether oxygens (including phenoxy) is 9. The molecule has 3 heterocycles. The number of hydrogen-bond donors (Lipinski definition) is 0. The second-order valence-corrected chi connectivity index (χ2v) is 13.3. The van der Waals surface area contributed by atoms with Gasteiger partial charge in [-0.05, 0) is 71.6 Å². The molecule has 0 spiro atoms. The first-order chi connectivity index (χ1) is 26.8. The quantitative estimate of drug-likeness (QED) is 0.0997. The molecule has 0 N–H and O–H groups in total. The minimum Gasteiger partial charge on any atom is -0.497 e. The van der Waals surface area contributed by atoms with Gasteiger partial charge in [-0.3, -0.25) is 14.4 Å². The Kier molecular flexibility index (Phi) is 9.60. The Morgan fingerprint density at radius 1 is 0.782 bits per heavy atom. The van der Waals surface area contributed by atoms with E-state index in [1.807, 2.05) is 24.3 Å². The molecular weight excluding hydrogens is 712 g/mol. The van der Waals surface area contributed by atoms with Gasteiger partial charge in [-0.2, -0.15) is 0 Å². The number of rotatable bonds is 12. The Morgan fingerprint density at radius 3 is 2.18 bits per heavy atom. The summed E-state index contributed by atoms with van der Waals surface area (Å²) in [6.45, 7) is 0.311. The molecule has 2 aliphatic heterocycles. The van der Waals surface area contributed by atoms with Crippen LogP contribution < -0.4 is 38.6 Å². The molecule has 1 aromatic heterocycles. The molecule has 13 heteroatoms. The Labute approximate surface area is 315 Å². The van der Waals surface area contributed by atoms with Gasteiger partial charge in [0.25, 0.3) is 0 Å². The van der Waals surface area contributed by atoms with E-state index in [1.54, 1.807) is 49.6 Å². The first-order valence-corrected chi connectivity index (χ1v) is 17.7. The van der Waals surface area contributed by atoms with Gasteiger partial charge in [-0.25, -0.2) is 0 Å². The van der Waals surface area contributed by atoms with Crippen molar-refractivity contribution in [2.24, 2.45) is 11.8 Å². The zero-order valence-electron chi connectivity index (χ0n) is 30.6. The number of hydrogen-bond acceptors (Lipinski definition) is 13. The largest absolute Gasteiger partial charge is 0.497 e. The lowest BCUT2D eigenvalue weighted by Crippen LogP contribution is -2.36. The summed E-state index contributed by atoms with van der Waals surface area (Å²) in [4.78, 5) is 40.2. The van der Waals surface area contributed by atoms with Gasteiger partial charge in [0, 0.05) is 29.9 Å². The molecule has 0 saturated carbocycles. The van der Waals surface area contributed by atoms with E-state index in [1.165, 1.54) is 27.6 Å². The van der Waals surface area contributed by atoms with Gasteiger partial charge in [-0.1, -0.05) is 12.1 Å². The van der Waals surface area contributed by atoms with E-state index in [0.29, 0.717) is 74.3 Å². The van der Waals surface area contributed by atoms with Crippen LogP contribution in [-0.4, -0.2) is 60.4 Å². The van der Waals surface area contributed by atoms with Crippen LogP contribution in [-0.2, 0) is 19.1 Å². The SMILES string of the molecule is COc1ccc(-c2coc3cc(OCCCC(=O)O[C@@H]4c5cc6c(cc5[C@@H](c5cc(OC)c(OC)c(OC)c5)[C@H]5C(=O)OC[C@@H]54)OCO6)ccc3c2=O)cc1. The van der Waals surface area contributed by atoms with E-state index in [0.717, 1.165) is 11.1 Å². The molecule has 0 amide bonds. The van der Waals surface area contributed by atoms with Crippen LogP contribution in [0.2, 0.25) is 0 Å². The fraction of sp³-hybridized carbons (Fsp3) is 0.310. The van der Waals surface area contributed by atoms with Crippen molar-refractivity contribution in [3.63, 3.8) is 0 Å². The minimum atomic E-state index is -0.793. The molecule has 3 aliphatic rings. The van der Waals surface area contributed by atoms with Crippen LogP contribution in [0, 0.1) is 11.8 Å². The highest BCUT2D eigenvalue weighted by atomic mass is 16.7. The lowest BCUT2D eigenvalue weighted by atomic mass is 9.66. The molecule has 0 bridgehead atoms. The zero-order chi connectivity index (χ0) is 38.2. The summed E-state index contributed by atoms with van der Waals surface area (Å²) in [5.41, 5.74) is 3.52. The molecule has 1 fully saturated rings. The topological polar surface area (TPSA) is 147 Å². The number of carbonyl (C=O) groups excluding carboxylic acids is 2. The van der Waals surface area contributed by atoms with Crippen LogP contribution in [0.25, 0.3) is 22.1 Å². The van der Waals surface area contributed by atoms with Gasteiger partial charge in [0.15, 0.2) is 28.4 Å². The first kappa shape index (κ1) is 35.6. The third kappa shape index (κ3) is 6.49. The highest BCUT2D eigenvalue weighted by molar-refractivity contribution is 5.83. The number of benzene rings is 4. The maximum atomic E-state index is 13.5. The Balaban J connectivity index is 0.989. The minimum absolute atomic E-state index is 0.0422. The van der Waals surface area contributed by atoms with Crippen LogP contribution >= 0.6 is 0 Å². The van der Waals surface area contributed by atoms with Crippen molar-refractivity contribution >= 4 is 22.9 Å². The van der Waals surface area contributed by atoms with Crippen molar-refractivity contribution in [1.29, 1.82) is 0 Å². The normalized spacial score (nSPS) is 19.2. The molecule has 284 valence electrons. The first-order valence-electron chi connectivity index (χ1n) is 17.7. The van der Waals surface area contributed by atoms with E-state index < -0.39 is 35.8 Å². The number of esters is 2. The summed E-state index contributed by atoms with van der Waals surface area (Å²) in [7, 11) is 6.16. The third-order valence-electron chi connectivity index (χ3n) is 10.4. The monoisotopic (exact) mass is 750 g/mol. The smallest absolute Gasteiger partial charge is 0.310 e. The van der Waals surface area contributed by atoms with Crippen molar-refractivity contribution in [2.75, 3.05) is 48.4 Å². The van der Waals surface area contributed by atoms with Crippen LogP contribution in [0.1, 0.15) is 41.6 Å². The van der Waals surface area contributed by atoms with Crippen LogP contribution in [0.4, 0.5) is 0 Å². The molecule has 0 radical (unpaired) electrons. The highest BCUT2D eigenvalue weighted by Gasteiger charge is 2.54. The average molecular weight is 751 g/mol. The molecular formula is C42H38O13. The maximum absolute atomic E-state index is 13.5. The van der Waals surface area contributed by atoms with Gasteiger partial charge in [0.2, 0.25) is 12.5 Å². The fourth-order valence-electron chi connectivity index (χ4n) is 7.72. The molecule has 8 rings (SSSR count). The van der Waals surface area contributed by atoms with Gasteiger partial charge < -0.3 is 47.0 Å². The van der Waals surface area contributed by atoms with E-state index >= 15 is 0 Å². The summed E-state index contributed by atoms with van der Waals surface area (Å²) in [6.07, 6.45) is 1.03. The predicted octanol–water partition coefficient (Wildman–Crippen LogP) is 6.60. The summed E-state index contributed by atoms with van der Waals surface area (Å²) >= 11 is 0. The molecule has 4 atom stereocenters. The third-order valence-corrected chi connectivity index (χ3v) is 10.4. The van der Waals surface area contributed by atoms with Gasteiger partial charge >= 0.3 is 11.9 Å². The van der Waals surface area contributed by atoms with Crippen molar-refractivity contribution in [3.8, 4) is 51.4 Å². The standard InChI is InChI=1S/C42H38O13/c1-46-24-9-7-22(8-10-24)29-19-51-31-16-25(11-12-26(31)39(29)44)50-13-5-6-36(43)55-40-28-18-33-32(53-21-54-33)17-27(28)37(38-30(40)20-52-42(38)45)23-14-34(47-2)41(49-4)35(15-23)48-3/h7-12,14-19,30,37-38,40H,5-6,13,20-21H2,1-4H3/t30-,37+,38-,40+/m0/s1. The molecule has 4 aromatic carbocycles. The fourth-order valence-corrected chi connectivity index (χ4v) is 7.72. The lowest BCUT2D eigenvalue weighted by molar-refractivity contribution is -0.154. The van der Waals surface area contributed by atoms with E-state index in [9.17, 15) is 14.4 Å². The maximum Gasteiger partial charge on any atom is 0.310 e. The van der Waals surface area contributed by atoms with Gasteiger partial charge in [-0.15, -0.1) is 0 Å². The Bertz CT molecular complexity index is 2300. The Morgan fingerprint density at radius 2 is 1.49 bits per heavy atom. The number of fused-ring (bicyclic) bond motifs is 4. The number of carbonyl (C=O) groups is 2. The van der Waals surface area contributed by atoms with E-state index in [2.05, 4.69) is 0 Å². The molecule has 0 unspecified atom stereocenters. The summed E-state index contributed by atoms with van der Waals surface area (Å²) in [6, 6.07) is 19.5. The molecule has 1 aliphatic carbocycles. The zero-order valence-corrected chi connectivity index (χ0v) is 30.6. The van der Waals surface area contributed by atoms with Crippen molar-refractivity contribution in [1.82, 2.24) is 0 Å². The van der Waals surface area contributed by atoms with Crippen LogP contribution in [0.15, 0.2) is 82.2 Å². The second-order valence-electron chi connectivity index (χ2n) is 13.3. The lowest BCUT2D eigenvalue weighted by Gasteiger charge is -2.38. The van der Waals surface area contributed by atoms with E-state index in [-0.39, 0.29) is 31.9 Å². The summed E-state index contributed by atoms with van der Waals surface area (Å²) < 4.78 is 57.1. The molecule has 55 heavy (non-hydrogen) atoms. The number of methoxy groups -OCH3 is 4. The molecule has 1 saturated heterocycles. The van der Waals surface area contributed by atoms with E-state index in [4.69, 9.17) is 47.0 Å². The van der Waals surface area contributed by atoms with Crippen molar-refractivity contribution in [2.45, 2.75) is 24.9 Å². The molecule has 5 aromatic rings. The average Bonchev–Trinajstić information content (AvgIpc) is 3.84. The second kappa shape index (κ2) is 14.8. The van der Waals surface area contributed by atoms with Gasteiger partial charge in [0.05, 0.1) is 58.5 Å². The van der Waals surface area contributed by atoms with Crippen molar-refractivity contribution in [3.05, 3.63) is 99.9 Å². The molecule has 13 nitrogen and oxygen atoms in total. The predicted molar refractivity (Wildman–Crippen MR) is 196 cm³/mol. The number of cyclic esters (lactones) is 1. The Hall–Kier alpha value is -6.37. The van der Waals surface area contributed by atoms with Gasteiger partial charge in [0.1, 0.15) is 29.4 Å². The summed E-state index contributed by atoms with van der Waals surface area (Å²) in [5.74, 6) is 0.965.